The first kappa shape index (κ1) is 25.2. The number of anilines is 1. The van der Waals surface area contributed by atoms with Gasteiger partial charge in [-0.3, -0.25) is 4.90 Å². The molecule has 1 saturated carbocycles. The van der Waals surface area contributed by atoms with E-state index in [0.717, 1.165) is 76.5 Å². The summed E-state index contributed by atoms with van der Waals surface area (Å²) in [5.74, 6) is 0.673. The third-order valence-corrected chi connectivity index (χ3v) is 9.50. The SMILES string of the molecule is O=C(Nc1ccc(Cl)c(Cl)c1)N1CCN(C[C@@H]2CCN(C3CCC(O)(c4nccs4)CC3)C2)CC1. The minimum Gasteiger partial charge on any atom is -0.383 e. The van der Waals surface area contributed by atoms with Crippen molar-refractivity contribution in [2.45, 2.75) is 43.7 Å². The van der Waals surface area contributed by atoms with Gasteiger partial charge in [-0.25, -0.2) is 9.78 Å². The summed E-state index contributed by atoms with van der Waals surface area (Å²) in [5.41, 5.74) is -0.0686. The van der Waals surface area contributed by atoms with Crippen LogP contribution < -0.4 is 5.32 Å². The van der Waals surface area contributed by atoms with Crippen LogP contribution in [0.25, 0.3) is 0 Å². The van der Waals surface area contributed by atoms with E-state index >= 15 is 0 Å². The molecule has 2 aliphatic heterocycles. The van der Waals surface area contributed by atoms with Gasteiger partial charge in [0, 0.05) is 62.6 Å². The molecule has 3 aliphatic rings. The van der Waals surface area contributed by atoms with Crippen LogP contribution in [0.15, 0.2) is 29.8 Å². The Kier molecular flexibility index (Phi) is 7.87. The molecule has 0 spiro atoms. The molecule has 190 valence electrons. The molecule has 2 N–H and O–H groups in total. The predicted octanol–water partition coefficient (Wildman–Crippen LogP) is 4.75. The van der Waals surface area contributed by atoms with E-state index in [2.05, 4.69) is 20.1 Å². The molecule has 5 rings (SSSR count). The Hall–Kier alpha value is -1.42. The Bertz CT molecular complexity index is 1010. The van der Waals surface area contributed by atoms with Gasteiger partial charge in [0.1, 0.15) is 10.6 Å². The summed E-state index contributed by atoms with van der Waals surface area (Å²) in [6.45, 7) is 6.62. The number of benzene rings is 1. The number of piperazine rings is 1. The van der Waals surface area contributed by atoms with Crippen molar-refractivity contribution >= 4 is 46.3 Å². The van der Waals surface area contributed by atoms with E-state index in [1.54, 1.807) is 35.7 Å². The second-order valence-corrected chi connectivity index (χ2v) is 11.8. The van der Waals surface area contributed by atoms with Gasteiger partial charge < -0.3 is 20.2 Å². The van der Waals surface area contributed by atoms with E-state index in [1.165, 1.54) is 6.42 Å². The number of thiazole rings is 1. The number of carbonyl (C=O) groups excluding carboxylic acids is 1. The molecule has 2 amide bonds. The fourth-order valence-corrected chi connectivity index (χ4v) is 6.82. The van der Waals surface area contributed by atoms with Gasteiger partial charge in [-0.15, -0.1) is 11.3 Å². The van der Waals surface area contributed by atoms with E-state index in [1.807, 2.05) is 10.3 Å². The van der Waals surface area contributed by atoms with Crippen molar-refractivity contribution in [1.29, 1.82) is 0 Å². The molecule has 0 radical (unpaired) electrons. The van der Waals surface area contributed by atoms with Crippen molar-refractivity contribution in [3.8, 4) is 0 Å². The number of aromatic nitrogens is 1. The number of carbonyl (C=O) groups is 1. The fraction of sp³-hybridized carbons (Fsp3) is 0.600. The van der Waals surface area contributed by atoms with Crippen LogP contribution >= 0.6 is 34.5 Å². The highest BCUT2D eigenvalue weighted by Crippen LogP contribution is 2.40. The molecule has 0 bridgehead atoms. The number of hydrogen-bond donors (Lipinski definition) is 2. The highest BCUT2D eigenvalue weighted by atomic mass is 35.5. The van der Waals surface area contributed by atoms with E-state index in [9.17, 15) is 9.90 Å². The first-order valence-electron chi connectivity index (χ1n) is 12.5. The van der Waals surface area contributed by atoms with Crippen molar-refractivity contribution in [3.63, 3.8) is 0 Å². The van der Waals surface area contributed by atoms with Crippen LogP contribution in [0, 0.1) is 5.92 Å². The quantitative estimate of drug-likeness (QED) is 0.575. The van der Waals surface area contributed by atoms with Gasteiger partial charge in [0.2, 0.25) is 0 Å². The Labute approximate surface area is 221 Å². The Balaban J connectivity index is 1.03. The number of halogens is 2. The van der Waals surface area contributed by atoms with E-state index in [4.69, 9.17) is 23.2 Å². The largest absolute Gasteiger partial charge is 0.383 e. The molecule has 1 aromatic heterocycles. The molecule has 1 atom stereocenters. The molecule has 3 heterocycles. The van der Waals surface area contributed by atoms with Gasteiger partial charge in [0.25, 0.3) is 0 Å². The molecule has 1 aliphatic carbocycles. The molecule has 0 unspecified atom stereocenters. The first-order chi connectivity index (χ1) is 16.9. The summed E-state index contributed by atoms with van der Waals surface area (Å²) in [6.07, 6.45) is 6.70. The molecule has 7 nitrogen and oxygen atoms in total. The zero-order chi connectivity index (χ0) is 24.4. The standard InChI is InChI=1S/C25H33Cl2N5O2S/c26-21-2-1-19(15-22(21)27)29-24(33)31-12-10-30(11-13-31)16-18-5-9-32(17-18)20-3-6-25(34,7-4-20)23-28-8-14-35-23/h1-2,8,14-15,18,20,34H,3-7,9-13,16-17H2,(H,29,33)/t18-,20?,25?/m0/s1. The third-order valence-electron chi connectivity index (χ3n) is 7.79. The van der Waals surface area contributed by atoms with Gasteiger partial charge in [0.05, 0.1) is 10.0 Å². The zero-order valence-corrected chi connectivity index (χ0v) is 22.2. The Morgan fingerprint density at radius 2 is 1.89 bits per heavy atom. The number of nitrogens with one attached hydrogen (secondary N) is 1. The van der Waals surface area contributed by atoms with Gasteiger partial charge in [-0.2, -0.15) is 0 Å². The molecule has 2 aromatic rings. The highest BCUT2D eigenvalue weighted by molar-refractivity contribution is 7.09. The summed E-state index contributed by atoms with van der Waals surface area (Å²) in [6, 6.07) is 5.61. The molecular weight excluding hydrogens is 505 g/mol. The third kappa shape index (κ3) is 5.95. The number of likely N-dealkylation sites (tertiary alicyclic amines) is 1. The second-order valence-electron chi connectivity index (χ2n) is 10.1. The van der Waals surface area contributed by atoms with E-state index < -0.39 is 5.60 Å². The van der Waals surface area contributed by atoms with Crippen LogP contribution in [-0.2, 0) is 5.60 Å². The number of aliphatic hydroxyl groups is 1. The maximum atomic E-state index is 12.6. The fourth-order valence-electron chi connectivity index (χ4n) is 5.73. The maximum Gasteiger partial charge on any atom is 0.321 e. The predicted molar refractivity (Wildman–Crippen MR) is 141 cm³/mol. The summed E-state index contributed by atoms with van der Waals surface area (Å²) in [5, 5.41) is 17.7. The summed E-state index contributed by atoms with van der Waals surface area (Å²) >= 11 is 13.6. The van der Waals surface area contributed by atoms with Crippen LogP contribution in [0.4, 0.5) is 10.5 Å². The van der Waals surface area contributed by atoms with Crippen LogP contribution in [-0.4, -0.2) is 82.7 Å². The van der Waals surface area contributed by atoms with Crippen molar-refractivity contribution in [2.75, 3.05) is 51.1 Å². The van der Waals surface area contributed by atoms with Gasteiger partial charge in [-0.1, -0.05) is 23.2 Å². The number of hydrogen-bond acceptors (Lipinski definition) is 6. The minimum atomic E-state index is -0.727. The van der Waals surface area contributed by atoms with E-state index in [-0.39, 0.29) is 6.03 Å². The number of nitrogens with zero attached hydrogens (tertiary/aromatic N) is 4. The zero-order valence-electron chi connectivity index (χ0n) is 19.8. The van der Waals surface area contributed by atoms with Crippen LogP contribution in [0.2, 0.25) is 10.0 Å². The van der Waals surface area contributed by atoms with Crippen molar-refractivity contribution < 1.29 is 9.90 Å². The normalized spacial score (nSPS) is 28.4. The van der Waals surface area contributed by atoms with Crippen LogP contribution in [0.3, 0.4) is 0 Å². The molecule has 3 fully saturated rings. The summed E-state index contributed by atoms with van der Waals surface area (Å²) < 4.78 is 0. The van der Waals surface area contributed by atoms with Crippen LogP contribution in [0.5, 0.6) is 0 Å². The summed E-state index contributed by atoms with van der Waals surface area (Å²) in [4.78, 5) is 24.0. The van der Waals surface area contributed by atoms with Gasteiger partial charge >= 0.3 is 6.03 Å². The van der Waals surface area contributed by atoms with Crippen LogP contribution in [0.1, 0.15) is 37.1 Å². The van der Waals surface area contributed by atoms with Gasteiger partial charge in [0.15, 0.2) is 0 Å². The number of amides is 2. The maximum absolute atomic E-state index is 12.6. The molecule has 2 saturated heterocycles. The lowest BCUT2D eigenvalue weighted by atomic mass is 9.82. The average molecular weight is 539 g/mol. The van der Waals surface area contributed by atoms with Crippen molar-refractivity contribution in [2.24, 2.45) is 5.92 Å². The lowest BCUT2D eigenvalue weighted by Gasteiger charge is -2.39. The highest BCUT2D eigenvalue weighted by Gasteiger charge is 2.40. The smallest absolute Gasteiger partial charge is 0.321 e. The molecule has 35 heavy (non-hydrogen) atoms. The number of urea groups is 1. The first-order valence-corrected chi connectivity index (χ1v) is 14.1. The lowest BCUT2D eigenvalue weighted by Crippen LogP contribution is -2.51. The monoisotopic (exact) mass is 537 g/mol. The van der Waals surface area contributed by atoms with Crippen molar-refractivity contribution in [1.82, 2.24) is 19.7 Å². The molecule has 10 heteroatoms. The summed E-state index contributed by atoms with van der Waals surface area (Å²) in [7, 11) is 0. The number of rotatable bonds is 5. The molecule has 1 aromatic carbocycles. The Morgan fingerprint density at radius 1 is 1.11 bits per heavy atom. The van der Waals surface area contributed by atoms with E-state index in [0.29, 0.717) is 27.7 Å². The minimum absolute atomic E-state index is 0.0925. The average Bonchev–Trinajstić information content (AvgIpc) is 3.56. The second kappa shape index (κ2) is 10.9. The van der Waals surface area contributed by atoms with Gasteiger partial charge in [-0.05, 0) is 62.8 Å². The van der Waals surface area contributed by atoms with Crippen molar-refractivity contribution in [3.05, 3.63) is 44.8 Å². The lowest BCUT2D eigenvalue weighted by molar-refractivity contribution is -0.0228. The molecular formula is C25H33Cl2N5O2S. The Morgan fingerprint density at radius 3 is 2.57 bits per heavy atom. The topological polar surface area (TPSA) is 71.9 Å².